The highest BCUT2D eigenvalue weighted by Crippen LogP contribution is 2.37. The van der Waals surface area contributed by atoms with Crippen LogP contribution in [-0.2, 0) is 0 Å². The van der Waals surface area contributed by atoms with E-state index in [0.717, 1.165) is 43.8 Å². The van der Waals surface area contributed by atoms with Crippen LogP contribution in [0.3, 0.4) is 0 Å². The molecule has 0 unspecified atom stereocenters. The van der Waals surface area contributed by atoms with Gasteiger partial charge in [0.2, 0.25) is 0 Å². The predicted molar refractivity (Wildman–Crippen MR) is 125 cm³/mol. The zero-order valence-electron chi connectivity index (χ0n) is 19.1. The van der Waals surface area contributed by atoms with Gasteiger partial charge < -0.3 is 4.42 Å². The van der Waals surface area contributed by atoms with E-state index >= 15 is 0 Å². The van der Waals surface area contributed by atoms with E-state index in [-0.39, 0.29) is 0 Å². The molecule has 0 fully saturated rings. The lowest BCUT2D eigenvalue weighted by atomic mass is 9.99. The van der Waals surface area contributed by atoms with E-state index in [1.54, 1.807) is 12.3 Å². The van der Waals surface area contributed by atoms with E-state index in [1.165, 1.54) is 0 Å². The van der Waals surface area contributed by atoms with Crippen molar-refractivity contribution in [3.05, 3.63) is 103 Å². The van der Waals surface area contributed by atoms with Crippen molar-refractivity contribution in [3.8, 4) is 22.4 Å². The molecule has 142 valence electrons. The van der Waals surface area contributed by atoms with Crippen LogP contribution in [0.2, 0.25) is 0 Å². The van der Waals surface area contributed by atoms with Crippen molar-refractivity contribution in [2.75, 3.05) is 0 Å². The number of fused-ring (bicyclic) bond motifs is 5. The fourth-order valence-electron chi connectivity index (χ4n) is 4.17. The van der Waals surface area contributed by atoms with Gasteiger partial charge in [0.05, 0.1) is 5.69 Å². The van der Waals surface area contributed by atoms with E-state index in [9.17, 15) is 0 Å². The van der Waals surface area contributed by atoms with Gasteiger partial charge in [-0.2, -0.15) is 0 Å². The highest BCUT2D eigenvalue weighted by Gasteiger charge is 2.12. The SMILES string of the molecule is [2H]C([2H])([2H])c1cc(-c2ccc3oc4ccc5ccccc5c4c3c2)ncc1-c1ccccc1. The molecule has 0 saturated heterocycles. The third-order valence-corrected chi connectivity index (χ3v) is 5.64. The van der Waals surface area contributed by atoms with E-state index in [4.69, 9.17) is 8.53 Å². The molecule has 2 heteroatoms. The summed E-state index contributed by atoms with van der Waals surface area (Å²) in [7, 11) is 0. The number of rotatable bonds is 2. The Morgan fingerprint density at radius 3 is 2.47 bits per heavy atom. The first kappa shape index (κ1) is 14.1. The second-order valence-corrected chi connectivity index (χ2v) is 7.45. The van der Waals surface area contributed by atoms with Crippen LogP contribution in [-0.4, -0.2) is 4.98 Å². The fraction of sp³-hybridized carbons (Fsp3) is 0.0357. The van der Waals surface area contributed by atoms with Gasteiger partial charge in [0.15, 0.2) is 0 Å². The van der Waals surface area contributed by atoms with Crippen LogP contribution in [0.25, 0.3) is 55.1 Å². The minimum atomic E-state index is -2.26. The Balaban J connectivity index is 1.57. The topological polar surface area (TPSA) is 26.0 Å². The maximum Gasteiger partial charge on any atom is 0.136 e. The molecule has 6 rings (SSSR count). The maximum absolute atomic E-state index is 8.12. The van der Waals surface area contributed by atoms with Gasteiger partial charge in [0.25, 0.3) is 0 Å². The highest BCUT2D eigenvalue weighted by molar-refractivity contribution is 6.19. The van der Waals surface area contributed by atoms with Crippen LogP contribution in [0.1, 0.15) is 9.68 Å². The molecule has 0 aliphatic heterocycles. The molecule has 30 heavy (non-hydrogen) atoms. The maximum atomic E-state index is 8.12. The van der Waals surface area contributed by atoms with E-state index in [1.807, 2.05) is 66.7 Å². The molecule has 0 aliphatic rings. The molecule has 0 aliphatic carbocycles. The van der Waals surface area contributed by atoms with E-state index < -0.39 is 6.85 Å². The largest absolute Gasteiger partial charge is 0.456 e. The van der Waals surface area contributed by atoms with Gasteiger partial charge >= 0.3 is 0 Å². The first-order chi connectivity index (χ1) is 16.0. The van der Waals surface area contributed by atoms with Gasteiger partial charge in [-0.05, 0) is 59.1 Å². The lowest BCUT2D eigenvalue weighted by Gasteiger charge is -2.08. The van der Waals surface area contributed by atoms with Crippen LogP contribution in [0, 0.1) is 6.85 Å². The highest BCUT2D eigenvalue weighted by atomic mass is 16.3. The second kappa shape index (κ2) is 6.57. The monoisotopic (exact) mass is 388 g/mol. The van der Waals surface area contributed by atoms with Crippen LogP contribution in [0.5, 0.6) is 0 Å². The Kier molecular flexibility index (Phi) is 3.09. The summed E-state index contributed by atoms with van der Waals surface area (Å²) in [6, 6.07) is 29.4. The Hall–Kier alpha value is -3.91. The lowest BCUT2D eigenvalue weighted by molar-refractivity contribution is 0.669. The van der Waals surface area contributed by atoms with Gasteiger partial charge in [0, 0.05) is 32.2 Å². The van der Waals surface area contributed by atoms with Crippen molar-refractivity contribution >= 4 is 32.7 Å². The summed E-state index contributed by atoms with van der Waals surface area (Å²) in [5.74, 6) is 0. The van der Waals surface area contributed by atoms with Crippen molar-refractivity contribution in [2.45, 2.75) is 6.85 Å². The van der Waals surface area contributed by atoms with Gasteiger partial charge in [-0.25, -0.2) is 0 Å². The summed E-state index contributed by atoms with van der Waals surface area (Å²) in [5, 5.41) is 4.32. The van der Waals surface area contributed by atoms with Crippen molar-refractivity contribution in [2.24, 2.45) is 0 Å². The summed E-state index contributed by atoms with van der Waals surface area (Å²) < 4.78 is 30.4. The molecule has 0 atom stereocenters. The minimum Gasteiger partial charge on any atom is -0.456 e. The number of hydrogen-bond donors (Lipinski definition) is 0. The zero-order chi connectivity index (χ0) is 22.6. The van der Waals surface area contributed by atoms with Gasteiger partial charge in [-0.15, -0.1) is 0 Å². The molecule has 0 bridgehead atoms. The molecule has 2 aromatic heterocycles. The number of furan rings is 1. The normalized spacial score (nSPS) is 13.4. The van der Waals surface area contributed by atoms with Crippen molar-refractivity contribution in [3.63, 3.8) is 0 Å². The van der Waals surface area contributed by atoms with Crippen molar-refractivity contribution < 1.29 is 8.53 Å². The predicted octanol–water partition coefficient (Wildman–Crippen LogP) is 7.78. The van der Waals surface area contributed by atoms with Crippen LogP contribution in [0.15, 0.2) is 102 Å². The Labute approximate surface area is 178 Å². The van der Waals surface area contributed by atoms with Crippen LogP contribution >= 0.6 is 0 Å². The summed E-state index contributed by atoms with van der Waals surface area (Å²) >= 11 is 0. The summed E-state index contributed by atoms with van der Waals surface area (Å²) in [5.41, 5.74) is 4.85. The average molecular weight is 388 g/mol. The van der Waals surface area contributed by atoms with Gasteiger partial charge in [-0.3, -0.25) is 4.98 Å². The molecule has 0 spiro atoms. The standard InChI is InChI=1S/C28H19NO/c1-18-15-25(29-17-24(18)19-7-3-2-4-8-19)21-12-13-26-23(16-21)28-22-10-6-5-9-20(22)11-14-27(28)30-26/h2-17H,1H3/i1D3. The van der Waals surface area contributed by atoms with E-state index in [2.05, 4.69) is 23.2 Å². The molecule has 4 aromatic carbocycles. The first-order valence-electron chi connectivity index (χ1n) is 11.4. The van der Waals surface area contributed by atoms with Gasteiger partial charge in [0.1, 0.15) is 11.2 Å². The van der Waals surface area contributed by atoms with E-state index in [0.29, 0.717) is 16.8 Å². The molecule has 0 radical (unpaired) electrons. The number of aryl methyl sites for hydroxylation is 1. The lowest BCUT2D eigenvalue weighted by Crippen LogP contribution is -1.89. The molecule has 6 aromatic rings. The second-order valence-electron chi connectivity index (χ2n) is 7.45. The molecule has 2 nitrogen and oxygen atoms in total. The molecule has 0 amide bonds. The van der Waals surface area contributed by atoms with Crippen LogP contribution in [0.4, 0.5) is 0 Å². The van der Waals surface area contributed by atoms with Crippen molar-refractivity contribution in [1.29, 1.82) is 0 Å². The number of aromatic nitrogens is 1. The summed E-state index contributed by atoms with van der Waals surface area (Å²) in [4.78, 5) is 4.65. The average Bonchev–Trinajstić information content (AvgIpc) is 3.22. The molecular weight excluding hydrogens is 366 g/mol. The molecular formula is C28H19NO. The quantitative estimate of drug-likeness (QED) is 0.303. The molecule has 2 heterocycles. The smallest absolute Gasteiger partial charge is 0.136 e. The minimum absolute atomic E-state index is 0.293. The third kappa shape index (κ3) is 2.61. The molecule has 0 N–H and O–H groups in total. The summed E-state index contributed by atoms with van der Waals surface area (Å²) in [6.45, 7) is -2.26. The number of pyridine rings is 1. The Morgan fingerprint density at radius 1 is 0.733 bits per heavy atom. The molecule has 0 saturated carbocycles. The van der Waals surface area contributed by atoms with Crippen LogP contribution < -0.4 is 0 Å². The van der Waals surface area contributed by atoms with Crippen molar-refractivity contribution in [1.82, 2.24) is 4.98 Å². The zero-order valence-corrected chi connectivity index (χ0v) is 16.1. The fourth-order valence-corrected chi connectivity index (χ4v) is 4.17. The van der Waals surface area contributed by atoms with Gasteiger partial charge in [-0.1, -0.05) is 60.7 Å². The Morgan fingerprint density at radius 2 is 1.57 bits per heavy atom. The first-order valence-corrected chi connectivity index (χ1v) is 9.89. The number of hydrogen-bond acceptors (Lipinski definition) is 2. The summed E-state index contributed by atoms with van der Waals surface area (Å²) in [6.07, 6.45) is 1.67. The third-order valence-electron chi connectivity index (χ3n) is 5.64. The number of benzene rings is 4. The Bertz CT molecular complexity index is 1650. The number of nitrogens with zero attached hydrogens (tertiary/aromatic N) is 1.